The molecule has 1 heterocycles. The number of aromatic nitrogens is 1. The Balaban J connectivity index is 1.83. The lowest BCUT2D eigenvalue weighted by molar-refractivity contribution is -0.116. The van der Waals surface area contributed by atoms with Gasteiger partial charge in [0.25, 0.3) is 5.91 Å². The van der Waals surface area contributed by atoms with Crippen LogP contribution in [0.25, 0.3) is 33.7 Å². The third kappa shape index (κ3) is 6.11. The highest BCUT2D eigenvalue weighted by molar-refractivity contribution is 7.90. The van der Waals surface area contributed by atoms with Crippen LogP contribution in [0.15, 0.2) is 83.9 Å². The predicted molar refractivity (Wildman–Crippen MR) is 147 cm³/mol. The molecule has 1 N–H and O–H groups in total. The first-order valence-electron chi connectivity index (χ1n) is 11.8. The zero-order valence-corrected chi connectivity index (χ0v) is 21.7. The van der Waals surface area contributed by atoms with Crippen molar-refractivity contribution < 1.29 is 13.2 Å². The summed E-state index contributed by atoms with van der Waals surface area (Å²) >= 11 is 0. The molecule has 0 spiro atoms. The summed E-state index contributed by atoms with van der Waals surface area (Å²) in [7, 11) is -3.35. The Morgan fingerprint density at radius 2 is 1.81 bits per heavy atom. The molecule has 4 rings (SSSR count). The molecule has 0 saturated heterocycles. The predicted octanol–water partition coefficient (Wildman–Crippen LogP) is 5.44. The quantitative estimate of drug-likeness (QED) is 0.264. The van der Waals surface area contributed by atoms with Crippen LogP contribution in [-0.4, -0.2) is 31.6 Å². The summed E-state index contributed by atoms with van der Waals surface area (Å²) in [5, 5.41) is 13.1. The molecule has 37 heavy (non-hydrogen) atoms. The summed E-state index contributed by atoms with van der Waals surface area (Å²) in [5.74, 6) is -0.254. The lowest BCUT2D eigenvalue weighted by atomic mass is 9.95. The summed E-state index contributed by atoms with van der Waals surface area (Å²) in [4.78, 5) is 17.9. The largest absolute Gasteiger partial charge is 0.350 e. The van der Waals surface area contributed by atoms with Crippen molar-refractivity contribution in [1.29, 1.82) is 5.26 Å². The number of nitrogens with one attached hydrogen (secondary N) is 1. The molecule has 0 radical (unpaired) electrons. The first-order chi connectivity index (χ1) is 17.7. The molecule has 1 amide bonds. The number of sulfone groups is 1. The fraction of sp³-hybridized carbons (Fsp3) is 0.167. The van der Waals surface area contributed by atoms with Crippen molar-refractivity contribution >= 4 is 38.3 Å². The number of carbonyl (C=O) groups is 1. The van der Waals surface area contributed by atoms with Crippen LogP contribution in [0.4, 0.5) is 0 Å². The van der Waals surface area contributed by atoms with Gasteiger partial charge in [-0.3, -0.25) is 9.78 Å². The van der Waals surface area contributed by atoms with E-state index in [1.807, 2.05) is 62.4 Å². The lowest BCUT2D eigenvalue weighted by Crippen LogP contribution is -2.30. The van der Waals surface area contributed by atoms with E-state index in [4.69, 9.17) is 0 Å². The Hall–Kier alpha value is -4.28. The molecule has 6 nitrogen and oxygen atoms in total. The number of carbonyl (C=O) groups excluding carboxylic acids is 1. The van der Waals surface area contributed by atoms with Gasteiger partial charge in [0.05, 0.1) is 22.9 Å². The summed E-state index contributed by atoms with van der Waals surface area (Å²) in [6.07, 6.45) is 4.99. The average Bonchev–Trinajstić information content (AvgIpc) is 2.86. The highest BCUT2D eigenvalue weighted by Gasteiger charge is 2.16. The van der Waals surface area contributed by atoms with E-state index in [2.05, 4.69) is 16.4 Å². The zero-order valence-electron chi connectivity index (χ0n) is 20.9. The van der Waals surface area contributed by atoms with Crippen molar-refractivity contribution in [3.8, 4) is 17.2 Å². The average molecular weight is 510 g/mol. The number of hydrogen-bond donors (Lipinski definition) is 1. The van der Waals surface area contributed by atoms with Crippen molar-refractivity contribution in [3.05, 3.63) is 95.7 Å². The van der Waals surface area contributed by atoms with E-state index in [-0.39, 0.29) is 16.8 Å². The van der Waals surface area contributed by atoms with Gasteiger partial charge in [-0.05, 0) is 78.6 Å². The molecule has 1 aromatic heterocycles. The number of amides is 1. The van der Waals surface area contributed by atoms with Gasteiger partial charge >= 0.3 is 0 Å². The lowest BCUT2D eigenvalue weighted by Gasteiger charge is -2.13. The van der Waals surface area contributed by atoms with Crippen LogP contribution in [-0.2, 0) is 21.1 Å². The maximum atomic E-state index is 13.1. The summed E-state index contributed by atoms with van der Waals surface area (Å²) in [6, 6.07) is 24.0. The number of nitriles is 1. The zero-order chi connectivity index (χ0) is 26.6. The molecular weight excluding hydrogens is 482 g/mol. The number of rotatable bonds is 7. The Morgan fingerprint density at radius 3 is 2.49 bits per heavy atom. The Labute approximate surface area is 217 Å². The number of fused-ring (bicyclic) bond motifs is 1. The highest BCUT2D eigenvalue weighted by Crippen LogP contribution is 2.31. The smallest absolute Gasteiger partial charge is 0.252 e. The standard InChI is InChI=1S/C30H27N3O3S/c1-20(2)33-30(34)28(23-9-11-26(12-10-23)37(3,35)36)19-21-6-4-7-24(16-21)27-18-22(13-14-31)17-25-8-5-15-32-29(25)27/h4-12,15-20H,13H2,1-3H3,(H,33,34)/b28-19-. The van der Waals surface area contributed by atoms with Crippen molar-refractivity contribution in [1.82, 2.24) is 10.3 Å². The molecule has 0 aliphatic carbocycles. The van der Waals surface area contributed by atoms with Crippen LogP contribution in [0.5, 0.6) is 0 Å². The second kappa shape index (κ2) is 10.8. The maximum absolute atomic E-state index is 13.1. The molecule has 0 fully saturated rings. The third-order valence-electron chi connectivity index (χ3n) is 5.81. The van der Waals surface area contributed by atoms with Crippen molar-refractivity contribution in [2.45, 2.75) is 31.2 Å². The van der Waals surface area contributed by atoms with Crippen LogP contribution in [0.2, 0.25) is 0 Å². The van der Waals surface area contributed by atoms with Crippen LogP contribution >= 0.6 is 0 Å². The van der Waals surface area contributed by atoms with E-state index in [0.717, 1.165) is 39.4 Å². The van der Waals surface area contributed by atoms with E-state index in [0.29, 0.717) is 17.6 Å². The van der Waals surface area contributed by atoms with Crippen LogP contribution in [0, 0.1) is 11.3 Å². The summed E-state index contributed by atoms with van der Waals surface area (Å²) < 4.78 is 23.8. The Bertz CT molecular complexity index is 1650. The third-order valence-corrected chi connectivity index (χ3v) is 6.94. The van der Waals surface area contributed by atoms with E-state index >= 15 is 0 Å². The van der Waals surface area contributed by atoms with Crippen molar-refractivity contribution in [3.63, 3.8) is 0 Å². The number of nitrogens with zero attached hydrogens (tertiary/aromatic N) is 2. The number of benzene rings is 3. The molecule has 0 saturated carbocycles. The van der Waals surface area contributed by atoms with Gasteiger partial charge in [0.15, 0.2) is 9.84 Å². The number of hydrogen-bond acceptors (Lipinski definition) is 5. The summed E-state index contributed by atoms with van der Waals surface area (Å²) in [6.45, 7) is 3.77. The molecule has 4 aromatic rings. The van der Waals surface area contributed by atoms with Gasteiger partial charge in [0, 0.05) is 35.0 Å². The molecule has 3 aromatic carbocycles. The fourth-order valence-corrected chi connectivity index (χ4v) is 4.76. The van der Waals surface area contributed by atoms with E-state index in [9.17, 15) is 18.5 Å². The monoisotopic (exact) mass is 509 g/mol. The van der Waals surface area contributed by atoms with Gasteiger partial charge in [0.1, 0.15) is 0 Å². The Kier molecular flexibility index (Phi) is 7.51. The highest BCUT2D eigenvalue weighted by atomic mass is 32.2. The van der Waals surface area contributed by atoms with E-state index in [1.165, 1.54) is 12.1 Å². The molecule has 0 aliphatic rings. The number of pyridine rings is 1. The van der Waals surface area contributed by atoms with Crippen LogP contribution in [0.3, 0.4) is 0 Å². The van der Waals surface area contributed by atoms with Crippen molar-refractivity contribution in [2.75, 3.05) is 6.26 Å². The molecule has 186 valence electrons. The van der Waals surface area contributed by atoms with Crippen molar-refractivity contribution in [2.24, 2.45) is 0 Å². The minimum Gasteiger partial charge on any atom is -0.350 e. The molecule has 0 bridgehead atoms. The van der Waals surface area contributed by atoms with Gasteiger partial charge in [0.2, 0.25) is 0 Å². The molecule has 7 heteroatoms. The second-order valence-corrected chi connectivity index (χ2v) is 11.2. The Morgan fingerprint density at radius 1 is 1.05 bits per heavy atom. The first-order valence-corrected chi connectivity index (χ1v) is 13.7. The summed E-state index contributed by atoms with van der Waals surface area (Å²) in [5.41, 5.74) is 5.39. The first kappa shape index (κ1) is 25.8. The SMILES string of the molecule is CC(C)NC(=O)/C(=C\c1cccc(-c2cc(CC#N)cc3cccnc23)c1)c1ccc(S(C)(=O)=O)cc1. The van der Waals surface area contributed by atoms with Gasteiger partial charge in [-0.25, -0.2) is 8.42 Å². The molecule has 0 atom stereocenters. The fourth-order valence-electron chi connectivity index (χ4n) is 4.13. The minimum atomic E-state index is -3.35. The van der Waals surface area contributed by atoms with Gasteiger partial charge < -0.3 is 5.32 Å². The maximum Gasteiger partial charge on any atom is 0.252 e. The topological polar surface area (TPSA) is 99.9 Å². The van der Waals surface area contributed by atoms with Crippen LogP contribution in [0.1, 0.15) is 30.5 Å². The molecule has 0 unspecified atom stereocenters. The van der Waals surface area contributed by atoms with E-state index in [1.54, 1.807) is 24.4 Å². The van der Waals surface area contributed by atoms with Gasteiger partial charge in [-0.15, -0.1) is 0 Å². The van der Waals surface area contributed by atoms with Gasteiger partial charge in [-0.2, -0.15) is 5.26 Å². The minimum absolute atomic E-state index is 0.0714. The van der Waals surface area contributed by atoms with Crippen LogP contribution < -0.4 is 5.32 Å². The van der Waals surface area contributed by atoms with E-state index < -0.39 is 9.84 Å². The van der Waals surface area contributed by atoms with Gasteiger partial charge in [-0.1, -0.05) is 36.4 Å². The second-order valence-electron chi connectivity index (χ2n) is 9.16. The normalized spacial score (nSPS) is 11.9. The molecule has 0 aliphatic heterocycles. The molecular formula is C30H27N3O3S.